The second kappa shape index (κ2) is 8.58. The Bertz CT molecular complexity index is 1070. The van der Waals surface area contributed by atoms with E-state index in [4.69, 9.17) is 0 Å². The van der Waals surface area contributed by atoms with Gasteiger partial charge in [-0.25, -0.2) is 4.79 Å². The molecule has 4 nitrogen and oxygen atoms in total. The van der Waals surface area contributed by atoms with Crippen molar-refractivity contribution >= 4 is 17.4 Å². The van der Waals surface area contributed by atoms with Crippen LogP contribution >= 0.6 is 0 Å². The molecule has 3 aromatic carbocycles. The van der Waals surface area contributed by atoms with Crippen LogP contribution in [0.1, 0.15) is 59.8 Å². The molecule has 33 heavy (non-hydrogen) atoms. The first-order valence-electron chi connectivity index (χ1n) is 12.4. The predicted molar refractivity (Wildman–Crippen MR) is 134 cm³/mol. The number of hydrogen-bond acceptors (Lipinski definition) is 2. The number of urea groups is 1. The molecule has 0 saturated carbocycles. The summed E-state index contributed by atoms with van der Waals surface area (Å²) in [4.78, 5) is 17.5. The highest BCUT2D eigenvalue weighted by Gasteiger charge is 2.35. The van der Waals surface area contributed by atoms with Gasteiger partial charge in [-0.1, -0.05) is 60.7 Å². The number of anilines is 2. The first-order chi connectivity index (χ1) is 16.3. The van der Waals surface area contributed by atoms with Crippen molar-refractivity contribution < 1.29 is 4.79 Å². The Morgan fingerprint density at radius 3 is 1.76 bits per heavy atom. The van der Waals surface area contributed by atoms with Crippen LogP contribution in [0.4, 0.5) is 16.2 Å². The molecular formula is C29H31N3O. The van der Waals surface area contributed by atoms with Crippen molar-refractivity contribution in [2.24, 2.45) is 0 Å². The molecule has 168 valence electrons. The molecule has 0 spiro atoms. The van der Waals surface area contributed by atoms with Crippen LogP contribution < -0.4 is 10.2 Å². The summed E-state index contributed by atoms with van der Waals surface area (Å²) in [6.07, 6.45) is 4.42. The Morgan fingerprint density at radius 1 is 0.727 bits per heavy atom. The summed E-state index contributed by atoms with van der Waals surface area (Å²) < 4.78 is 0. The molecular weight excluding hydrogens is 406 g/mol. The smallest absolute Gasteiger partial charge is 0.321 e. The Morgan fingerprint density at radius 2 is 1.24 bits per heavy atom. The van der Waals surface area contributed by atoms with Crippen LogP contribution in [0.2, 0.25) is 0 Å². The van der Waals surface area contributed by atoms with E-state index in [0.29, 0.717) is 11.8 Å². The van der Waals surface area contributed by atoms with E-state index in [1.54, 1.807) is 0 Å². The SMILES string of the molecule is O=C(Nc1cc2c3c(c1)C(c1ccccc1)CCN3CCC2c1ccccc1)N1CCCC1. The molecule has 3 aromatic rings. The van der Waals surface area contributed by atoms with Crippen molar-refractivity contribution in [1.82, 2.24) is 4.90 Å². The summed E-state index contributed by atoms with van der Waals surface area (Å²) in [7, 11) is 0. The van der Waals surface area contributed by atoms with Crippen LogP contribution in [0.25, 0.3) is 0 Å². The summed E-state index contributed by atoms with van der Waals surface area (Å²) in [6, 6.07) is 26.3. The second-order valence-electron chi connectivity index (χ2n) is 9.62. The zero-order valence-electron chi connectivity index (χ0n) is 19.0. The zero-order chi connectivity index (χ0) is 22.2. The molecule has 2 amide bonds. The van der Waals surface area contributed by atoms with Gasteiger partial charge in [-0.15, -0.1) is 0 Å². The van der Waals surface area contributed by atoms with Gasteiger partial charge in [0.2, 0.25) is 0 Å². The molecule has 0 aromatic heterocycles. The predicted octanol–water partition coefficient (Wildman–Crippen LogP) is 6.19. The molecule has 2 atom stereocenters. The number of amides is 2. The van der Waals surface area contributed by atoms with E-state index in [0.717, 1.165) is 57.5 Å². The van der Waals surface area contributed by atoms with Crippen molar-refractivity contribution in [3.63, 3.8) is 0 Å². The Kier molecular flexibility index (Phi) is 5.29. The summed E-state index contributed by atoms with van der Waals surface area (Å²) in [5.74, 6) is 0.712. The maximum Gasteiger partial charge on any atom is 0.321 e. The van der Waals surface area contributed by atoms with E-state index in [9.17, 15) is 4.79 Å². The average molecular weight is 438 g/mol. The highest BCUT2D eigenvalue weighted by molar-refractivity contribution is 5.90. The van der Waals surface area contributed by atoms with Gasteiger partial charge < -0.3 is 15.1 Å². The zero-order valence-corrected chi connectivity index (χ0v) is 19.0. The normalized spacial score (nSPS) is 21.6. The lowest BCUT2D eigenvalue weighted by molar-refractivity contribution is 0.222. The molecule has 1 saturated heterocycles. The van der Waals surface area contributed by atoms with Crippen LogP contribution in [-0.4, -0.2) is 37.1 Å². The summed E-state index contributed by atoms with van der Waals surface area (Å²) in [5.41, 5.74) is 7.79. The van der Waals surface area contributed by atoms with Gasteiger partial charge >= 0.3 is 6.03 Å². The fourth-order valence-corrected chi connectivity index (χ4v) is 6.05. The molecule has 3 aliphatic rings. The van der Waals surface area contributed by atoms with Crippen LogP contribution in [-0.2, 0) is 0 Å². The first kappa shape index (κ1) is 20.3. The topological polar surface area (TPSA) is 35.6 Å². The first-order valence-corrected chi connectivity index (χ1v) is 12.4. The quantitative estimate of drug-likeness (QED) is 0.530. The number of nitrogens with one attached hydrogen (secondary N) is 1. The Balaban J connectivity index is 1.47. The molecule has 3 heterocycles. The summed E-state index contributed by atoms with van der Waals surface area (Å²) >= 11 is 0. The molecule has 0 bridgehead atoms. The van der Waals surface area contributed by atoms with E-state index >= 15 is 0 Å². The number of rotatable bonds is 3. The minimum absolute atomic E-state index is 0.0376. The fraction of sp³-hybridized carbons (Fsp3) is 0.345. The van der Waals surface area contributed by atoms with E-state index in [1.165, 1.54) is 27.9 Å². The number of likely N-dealkylation sites (tertiary alicyclic amines) is 1. The Labute approximate surface area is 196 Å². The minimum Gasteiger partial charge on any atom is -0.371 e. The number of carbonyl (C=O) groups is 1. The Hall–Kier alpha value is -3.27. The lowest BCUT2D eigenvalue weighted by atomic mass is 9.76. The van der Waals surface area contributed by atoms with Gasteiger partial charge in [0.15, 0.2) is 0 Å². The highest BCUT2D eigenvalue weighted by Crippen LogP contribution is 2.49. The second-order valence-corrected chi connectivity index (χ2v) is 9.62. The van der Waals surface area contributed by atoms with Crippen LogP contribution in [0.3, 0.4) is 0 Å². The largest absolute Gasteiger partial charge is 0.371 e. The third-order valence-corrected chi connectivity index (χ3v) is 7.66. The van der Waals surface area contributed by atoms with Gasteiger partial charge in [-0.2, -0.15) is 0 Å². The van der Waals surface area contributed by atoms with Gasteiger partial charge in [0, 0.05) is 49.4 Å². The third-order valence-electron chi connectivity index (χ3n) is 7.66. The van der Waals surface area contributed by atoms with Gasteiger partial charge in [0.25, 0.3) is 0 Å². The van der Waals surface area contributed by atoms with Gasteiger partial charge in [-0.05, 0) is 60.1 Å². The summed E-state index contributed by atoms with van der Waals surface area (Å²) in [5, 5.41) is 3.26. The molecule has 3 aliphatic heterocycles. The van der Waals surface area contributed by atoms with Crippen LogP contribution in [0.5, 0.6) is 0 Å². The van der Waals surface area contributed by atoms with E-state index in [-0.39, 0.29) is 6.03 Å². The standard InChI is InChI=1S/C29H31N3O/c33-29(32-15-7-8-16-32)30-23-19-26-24(21-9-3-1-4-10-21)13-17-31-18-14-25(27(20-23)28(26)31)22-11-5-2-6-12-22/h1-6,9-12,19-20,24-25H,7-8,13-18H2,(H,30,33). The van der Waals surface area contributed by atoms with Crippen molar-refractivity contribution in [3.05, 3.63) is 95.1 Å². The molecule has 2 unspecified atom stereocenters. The number of carbonyl (C=O) groups excluding carboxylic acids is 1. The number of nitrogens with zero attached hydrogens (tertiary/aromatic N) is 2. The molecule has 1 fully saturated rings. The lowest BCUT2D eigenvalue weighted by Gasteiger charge is -2.43. The maximum atomic E-state index is 13.0. The van der Waals surface area contributed by atoms with Crippen molar-refractivity contribution in [1.29, 1.82) is 0 Å². The monoisotopic (exact) mass is 437 g/mol. The molecule has 0 aliphatic carbocycles. The van der Waals surface area contributed by atoms with Crippen molar-refractivity contribution in [2.75, 3.05) is 36.4 Å². The van der Waals surface area contributed by atoms with E-state index in [2.05, 4.69) is 83.0 Å². The van der Waals surface area contributed by atoms with Gasteiger partial charge in [0.1, 0.15) is 0 Å². The molecule has 6 rings (SSSR count). The number of benzene rings is 3. The lowest BCUT2D eigenvalue weighted by Crippen LogP contribution is -2.38. The van der Waals surface area contributed by atoms with Gasteiger partial charge in [0.05, 0.1) is 0 Å². The number of hydrogen-bond donors (Lipinski definition) is 1. The molecule has 1 N–H and O–H groups in total. The maximum absolute atomic E-state index is 13.0. The fourth-order valence-electron chi connectivity index (χ4n) is 6.05. The summed E-state index contributed by atoms with van der Waals surface area (Å²) in [6.45, 7) is 3.88. The highest BCUT2D eigenvalue weighted by atomic mass is 16.2. The average Bonchev–Trinajstić information content (AvgIpc) is 3.41. The third kappa shape index (κ3) is 3.78. The van der Waals surface area contributed by atoms with Crippen LogP contribution in [0.15, 0.2) is 72.8 Å². The molecule has 4 heteroatoms. The van der Waals surface area contributed by atoms with Crippen LogP contribution in [0, 0.1) is 0 Å². The van der Waals surface area contributed by atoms with Crippen molar-refractivity contribution in [3.8, 4) is 0 Å². The van der Waals surface area contributed by atoms with E-state index < -0.39 is 0 Å². The van der Waals surface area contributed by atoms with Crippen molar-refractivity contribution in [2.45, 2.75) is 37.5 Å². The minimum atomic E-state index is 0.0376. The van der Waals surface area contributed by atoms with E-state index in [1.807, 2.05) is 4.90 Å². The molecule has 0 radical (unpaired) electrons. The van der Waals surface area contributed by atoms with Gasteiger partial charge in [-0.3, -0.25) is 0 Å².